The Hall–Kier alpha value is -2.37. The summed E-state index contributed by atoms with van der Waals surface area (Å²) >= 11 is 0. The molecule has 0 radical (unpaired) electrons. The van der Waals surface area contributed by atoms with Gasteiger partial charge in [-0.3, -0.25) is 0 Å². The molecule has 1 fully saturated rings. The second-order valence-corrected chi connectivity index (χ2v) is 5.74. The van der Waals surface area contributed by atoms with Crippen molar-refractivity contribution in [2.24, 2.45) is 0 Å². The van der Waals surface area contributed by atoms with E-state index in [2.05, 4.69) is 0 Å². The summed E-state index contributed by atoms with van der Waals surface area (Å²) in [5, 5.41) is 49.4. The number of benzene rings is 1. The number of aromatic hydroxyl groups is 1. The van der Waals surface area contributed by atoms with E-state index in [-0.39, 0.29) is 17.1 Å². The van der Waals surface area contributed by atoms with Crippen LogP contribution in [0.25, 0.3) is 11.0 Å². The van der Waals surface area contributed by atoms with E-state index in [0.29, 0.717) is 5.39 Å². The van der Waals surface area contributed by atoms with E-state index < -0.39 is 48.7 Å². The maximum atomic E-state index is 11.6. The average molecular weight is 370 g/mol. The fourth-order valence-corrected chi connectivity index (χ4v) is 2.73. The van der Waals surface area contributed by atoms with Crippen molar-refractivity contribution in [3.8, 4) is 17.2 Å². The molecule has 1 saturated heterocycles. The van der Waals surface area contributed by atoms with Gasteiger partial charge in [-0.25, -0.2) is 4.79 Å². The molecule has 142 valence electrons. The Labute approximate surface area is 146 Å². The van der Waals surface area contributed by atoms with E-state index in [9.17, 15) is 30.3 Å². The largest absolute Gasteiger partial charge is 0.504 e. The lowest BCUT2D eigenvalue weighted by molar-refractivity contribution is -0.277. The molecular weight excluding hydrogens is 352 g/mol. The van der Waals surface area contributed by atoms with Gasteiger partial charge in [-0.1, -0.05) is 0 Å². The highest BCUT2D eigenvalue weighted by atomic mass is 16.7. The number of aliphatic hydroxyl groups is 4. The average Bonchev–Trinajstić information content (AvgIpc) is 2.63. The SMILES string of the molecule is COc1cc(O)c(OC2OC(CO)C(O)C(O)C2O)c2oc(=O)ccc12. The van der Waals surface area contributed by atoms with Gasteiger partial charge in [0.15, 0.2) is 11.3 Å². The van der Waals surface area contributed by atoms with E-state index in [4.69, 9.17) is 18.6 Å². The topological polar surface area (TPSA) is 159 Å². The van der Waals surface area contributed by atoms with Gasteiger partial charge in [0, 0.05) is 12.1 Å². The molecule has 26 heavy (non-hydrogen) atoms. The molecule has 5 unspecified atom stereocenters. The van der Waals surface area contributed by atoms with Gasteiger partial charge in [-0.05, 0) is 6.07 Å². The minimum absolute atomic E-state index is 0.161. The van der Waals surface area contributed by atoms with Crippen molar-refractivity contribution in [1.29, 1.82) is 0 Å². The number of methoxy groups -OCH3 is 1. The number of hydrogen-bond acceptors (Lipinski definition) is 10. The third-order valence-corrected chi connectivity index (χ3v) is 4.11. The first-order chi connectivity index (χ1) is 12.4. The molecule has 2 heterocycles. The summed E-state index contributed by atoms with van der Waals surface area (Å²) in [5.41, 5.74) is -0.880. The van der Waals surface area contributed by atoms with Crippen molar-refractivity contribution < 1.29 is 44.2 Å². The maximum absolute atomic E-state index is 11.6. The van der Waals surface area contributed by atoms with Crippen molar-refractivity contribution in [3.05, 3.63) is 28.6 Å². The van der Waals surface area contributed by atoms with E-state index >= 15 is 0 Å². The van der Waals surface area contributed by atoms with Crippen LogP contribution in [0.1, 0.15) is 0 Å². The molecule has 0 bridgehead atoms. The molecule has 1 aliphatic rings. The van der Waals surface area contributed by atoms with Gasteiger partial charge in [0.05, 0.1) is 19.1 Å². The van der Waals surface area contributed by atoms with Crippen LogP contribution in [0.5, 0.6) is 17.2 Å². The number of aliphatic hydroxyl groups excluding tert-OH is 4. The van der Waals surface area contributed by atoms with Crippen molar-refractivity contribution in [2.45, 2.75) is 30.7 Å². The van der Waals surface area contributed by atoms with Gasteiger partial charge < -0.3 is 44.2 Å². The smallest absolute Gasteiger partial charge is 0.336 e. The predicted molar refractivity (Wildman–Crippen MR) is 85.1 cm³/mol. The number of fused-ring (bicyclic) bond motifs is 1. The number of phenolic OH excluding ortho intramolecular Hbond substituents is 1. The highest BCUT2D eigenvalue weighted by molar-refractivity contribution is 5.90. The van der Waals surface area contributed by atoms with E-state index in [1.807, 2.05) is 0 Å². The van der Waals surface area contributed by atoms with Crippen LogP contribution in [0.2, 0.25) is 0 Å². The summed E-state index contributed by atoms with van der Waals surface area (Å²) < 4.78 is 20.8. The minimum atomic E-state index is -1.69. The number of phenols is 1. The van der Waals surface area contributed by atoms with E-state index in [0.717, 1.165) is 6.07 Å². The van der Waals surface area contributed by atoms with Gasteiger partial charge in [0.2, 0.25) is 12.0 Å². The minimum Gasteiger partial charge on any atom is -0.504 e. The summed E-state index contributed by atoms with van der Waals surface area (Å²) in [6, 6.07) is 3.76. The zero-order valence-corrected chi connectivity index (χ0v) is 13.6. The second kappa shape index (κ2) is 7.09. The molecule has 0 aliphatic carbocycles. The Balaban J connectivity index is 2.04. The molecule has 2 aromatic rings. The lowest BCUT2D eigenvalue weighted by Gasteiger charge is -2.39. The third kappa shape index (κ3) is 3.08. The van der Waals surface area contributed by atoms with Crippen LogP contribution in [0.4, 0.5) is 0 Å². The predicted octanol–water partition coefficient (Wildman–Crippen LogP) is -1.31. The van der Waals surface area contributed by atoms with Crippen LogP contribution in [0.3, 0.4) is 0 Å². The second-order valence-electron chi connectivity index (χ2n) is 5.74. The lowest BCUT2D eigenvalue weighted by Crippen LogP contribution is -2.60. The molecule has 5 N–H and O–H groups in total. The molecule has 0 spiro atoms. The molecule has 1 aliphatic heterocycles. The third-order valence-electron chi connectivity index (χ3n) is 4.11. The first-order valence-corrected chi connectivity index (χ1v) is 7.68. The Morgan fingerprint density at radius 1 is 1.15 bits per heavy atom. The quantitative estimate of drug-likeness (QED) is 0.409. The van der Waals surface area contributed by atoms with Gasteiger partial charge in [0.1, 0.15) is 30.2 Å². The van der Waals surface area contributed by atoms with Gasteiger partial charge in [0.25, 0.3) is 0 Å². The molecule has 5 atom stereocenters. The molecule has 1 aromatic carbocycles. The molecule has 10 heteroatoms. The van der Waals surface area contributed by atoms with Crippen LogP contribution < -0.4 is 15.1 Å². The Bertz CT molecular complexity index is 845. The summed E-state index contributed by atoms with van der Waals surface area (Å²) in [6.45, 7) is -0.644. The van der Waals surface area contributed by atoms with Crippen molar-refractivity contribution in [3.63, 3.8) is 0 Å². The molecule has 0 saturated carbocycles. The van der Waals surface area contributed by atoms with Gasteiger partial charge in [-0.15, -0.1) is 0 Å². The van der Waals surface area contributed by atoms with Crippen LogP contribution in [0.15, 0.2) is 27.4 Å². The fourth-order valence-electron chi connectivity index (χ4n) is 2.73. The highest BCUT2D eigenvalue weighted by Gasteiger charge is 2.45. The molecule has 1 aromatic heterocycles. The summed E-state index contributed by atoms with van der Waals surface area (Å²) in [6.07, 6.45) is -7.67. The van der Waals surface area contributed by atoms with Crippen molar-refractivity contribution >= 4 is 11.0 Å². The maximum Gasteiger partial charge on any atom is 0.336 e. The number of ether oxygens (including phenoxy) is 3. The van der Waals surface area contributed by atoms with E-state index in [1.54, 1.807) is 0 Å². The standard InChI is InChI=1S/C16H18O10/c1-23-8-4-7(18)15(14-6(8)2-3-10(19)25-14)26-16-13(22)12(21)11(20)9(5-17)24-16/h2-4,9,11-13,16-18,20-22H,5H2,1H3. The highest BCUT2D eigenvalue weighted by Crippen LogP contribution is 2.41. The Kier molecular flexibility index (Phi) is 5.03. The van der Waals surface area contributed by atoms with Crippen LogP contribution in [0, 0.1) is 0 Å². The summed E-state index contributed by atoms with van der Waals surface area (Å²) in [7, 11) is 1.36. The van der Waals surface area contributed by atoms with Crippen LogP contribution in [-0.2, 0) is 4.74 Å². The number of hydrogen-bond donors (Lipinski definition) is 5. The zero-order valence-electron chi connectivity index (χ0n) is 13.6. The van der Waals surface area contributed by atoms with Crippen LogP contribution in [-0.4, -0.2) is 70.0 Å². The molecule has 0 amide bonds. The summed E-state index contributed by atoms with van der Waals surface area (Å²) in [4.78, 5) is 11.6. The van der Waals surface area contributed by atoms with Crippen molar-refractivity contribution in [1.82, 2.24) is 0 Å². The first kappa shape index (κ1) is 18.4. The van der Waals surface area contributed by atoms with Gasteiger partial charge in [-0.2, -0.15) is 0 Å². The fraction of sp³-hybridized carbons (Fsp3) is 0.438. The monoisotopic (exact) mass is 370 g/mol. The molecular formula is C16H18O10. The molecule has 3 rings (SSSR count). The lowest BCUT2D eigenvalue weighted by atomic mass is 9.99. The van der Waals surface area contributed by atoms with Crippen LogP contribution >= 0.6 is 0 Å². The first-order valence-electron chi connectivity index (χ1n) is 7.68. The van der Waals surface area contributed by atoms with Crippen molar-refractivity contribution in [2.75, 3.05) is 13.7 Å². The molecule has 10 nitrogen and oxygen atoms in total. The van der Waals surface area contributed by atoms with E-state index in [1.165, 1.54) is 19.2 Å². The zero-order chi connectivity index (χ0) is 19.0. The van der Waals surface area contributed by atoms with Gasteiger partial charge >= 0.3 is 5.63 Å². The normalized spacial score (nSPS) is 28.9. The summed E-state index contributed by atoms with van der Waals surface area (Å²) in [5.74, 6) is -0.592. The Morgan fingerprint density at radius 2 is 1.88 bits per heavy atom. The number of rotatable bonds is 4. The Morgan fingerprint density at radius 3 is 2.54 bits per heavy atom.